The number of unbranched alkanes of at least 4 members (excludes halogenated alkanes) is 9. The molecule has 0 aromatic rings. The van der Waals surface area contributed by atoms with Crippen molar-refractivity contribution in [2.45, 2.75) is 124 Å². The summed E-state index contributed by atoms with van der Waals surface area (Å²) in [5, 5.41) is 3.50. The number of carbonyl (C=O) groups is 1. The molecule has 3 heteroatoms. The Balaban J connectivity index is 3.61. The summed E-state index contributed by atoms with van der Waals surface area (Å²) in [7, 11) is 0. The van der Waals surface area contributed by atoms with E-state index in [1.54, 1.807) is 0 Å². The third-order valence-corrected chi connectivity index (χ3v) is 5.35. The van der Waals surface area contributed by atoms with Crippen molar-refractivity contribution in [2.24, 2.45) is 5.92 Å². The minimum absolute atomic E-state index is 0.0116. The highest BCUT2D eigenvalue weighted by Gasteiger charge is 2.11. The topological polar surface area (TPSA) is 38.3 Å². The highest BCUT2D eigenvalue weighted by Crippen LogP contribution is 2.18. The first-order valence-corrected chi connectivity index (χ1v) is 12.1. The van der Waals surface area contributed by atoms with Crippen molar-refractivity contribution in [3.05, 3.63) is 0 Å². The van der Waals surface area contributed by atoms with Crippen molar-refractivity contribution in [1.29, 1.82) is 0 Å². The molecular weight excluding hydrogens is 334 g/mol. The van der Waals surface area contributed by atoms with Crippen molar-refractivity contribution in [2.75, 3.05) is 19.7 Å². The van der Waals surface area contributed by atoms with Crippen LogP contribution in [0.25, 0.3) is 0 Å². The van der Waals surface area contributed by atoms with Crippen LogP contribution in [-0.2, 0) is 9.53 Å². The van der Waals surface area contributed by atoms with Gasteiger partial charge in [-0.05, 0) is 51.1 Å². The van der Waals surface area contributed by atoms with Gasteiger partial charge in [-0.1, -0.05) is 85.0 Å². The lowest BCUT2D eigenvalue weighted by Crippen LogP contribution is -2.17. The Kier molecular flexibility index (Phi) is 21.3. The summed E-state index contributed by atoms with van der Waals surface area (Å²) in [6.45, 7) is 9.60. The monoisotopic (exact) mass is 383 g/mol. The van der Waals surface area contributed by atoms with Crippen LogP contribution in [0.15, 0.2) is 0 Å². The van der Waals surface area contributed by atoms with Gasteiger partial charge < -0.3 is 10.1 Å². The highest BCUT2D eigenvalue weighted by molar-refractivity contribution is 5.69. The third-order valence-electron chi connectivity index (χ3n) is 5.35. The average Bonchev–Trinajstić information content (AvgIpc) is 2.68. The summed E-state index contributed by atoms with van der Waals surface area (Å²) >= 11 is 0. The Morgan fingerprint density at radius 1 is 0.704 bits per heavy atom. The summed E-state index contributed by atoms with van der Waals surface area (Å²) in [4.78, 5) is 12.0. The molecule has 0 saturated carbocycles. The van der Waals surface area contributed by atoms with Gasteiger partial charge in [0.15, 0.2) is 0 Å². The van der Waals surface area contributed by atoms with Gasteiger partial charge in [0.2, 0.25) is 0 Å². The zero-order chi connectivity index (χ0) is 20.0. The molecule has 0 bridgehead atoms. The van der Waals surface area contributed by atoms with E-state index in [1.807, 2.05) is 0 Å². The second kappa shape index (κ2) is 21.7. The number of hydrogen-bond acceptors (Lipinski definition) is 3. The molecule has 0 radical (unpaired) electrons. The second-order valence-corrected chi connectivity index (χ2v) is 8.16. The molecule has 162 valence electrons. The molecule has 0 heterocycles. The molecule has 0 saturated heterocycles. The molecular formula is C24H49NO2. The van der Waals surface area contributed by atoms with Crippen LogP contribution in [0, 0.1) is 5.92 Å². The van der Waals surface area contributed by atoms with Gasteiger partial charge in [0, 0.05) is 6.42 Å². The lowest BCUT2D eigenvalue weighted by atomic mass is 9.96. The zero-order valence-corrected chi connectivity index (χ0v) is 18.8. The molecule has 0 rings (SSSR count). The van der Waals surface area contributed by atoms with E-state index in [9.17, 15) is 4.79 Å². The molecule has 1 unspecified atom stereocenters. The molecule has 0 spiro atoms. The number of esters is 1. The summed E-state index contributed by atoms with van der Waals surface area (Å²) in [6, 6.07) is 0. The molecule has 0 aliphatic heterocycles. The quantitative estimate of drug-likeness (QED) is 0.171. The van der Waals surface area contributed by atoms with Crippen molar-refractivity contribution >= 4 is 5.97 Å². The predicted octanol–water partition coefficient (Wildman–Crippen LogP) is 7.04. The van der Waals surface area contributed by atoms with Crippen molar-refractivity contribution in [3.63, 3.8) is 0 Å². The van der Waals surface area contributed by atoms with E-state index < -0.39 is 0 Å². The summed E-state index contributed by atoms with van der Waals surface area (Å²) in [5.74, 6) is 0.584. The zero-order valence-electron chi connectivity index (χ0n) is 18.8. The van der Waals surface area contributed by atoms with Crippen molar-refractivity contribution < 1.29 is 9.53 Å². The molecule has 3 nitrogen and oxygen atoms in total. The van der Waals surface area contributed by atoms with E-state index in [0.717, 1.165) is 32.4 Å². The van der Waals surface area contributed by atoms with Crippen LogP contribution in [0.1, 0.15) is 124 Å². The lowest BCUT2D eigenvalue weighted by molar-refractivity contribution is -0.145. The van der Waals surface area contributed by atoms with E-state index in [1.165, 1.54) is 77.0 Å². The Labute approximate surface area is 170 Å². The summed E-state index contributed by atoms with van der Waals surface area (Å²) < 4.78 is 5.59. The first-order chi connectivity index (χ1) is 13.2. The summed E-state index contributed by atoms with van der Waals surface area (Å²) in [5.41, 5.74) is 0. The molecule has 0 aliphatic rings. The normalized spacial score (nSPS) is 12.3. The van der Waals surface area contributed by atoms with Gasteiger partial charge in [-0.15, -0.1) is 0 Å². The van der Waals surface area contributed by atoms with Gasteiger partial charge in [0.25, 0.3) is 0 Å². The van der Waals surface area contributed by atoms with E-state index in [4.69, 9.17) is 4.74 Å². The Morgan fingerprint density at radius 3 is 1.89 bits per heavy atom. The molecule has 0 amide bonds. The van der Waals surface area contributed by atoms with E-state index in [2.05, 4.69) is 26.1 Å². The first-order valence-electron chi connectivity index (χ1n) is 12.1. The van der Waals surface area contributed by atoms with Crippen LogP contribution in [0.5, 0.6) is 0 Å². The molecule has 0 fully saturated rings. The summed E-state index contributed by atoms with van der Waals surface area (Å²) in [6.07, 6.45) is 19.2. The van der Waals surface area contributed by atoms with Gasteiger partial charge in [0.05, 0.1) is 6.61 Å². The minimum Gasteiger partial charge on any atom is -0.465 e. The number of ether oxygens (including phenoxy) is 1. The maximum Gasteiger partial charge on any atom is 0.305 e. The first kappa shape index (κ1) is 26.4. The second-order valence-electron chi connectivity index (χ2n) is 8.16. The number of carbonyl (C=O) groups excluding carboxylic acids is 1. The molecule has 27 heavy (non-hydrogen) atoms. The van der Waals surface area contributed by atoms with Gasteiger partial charge in [-0.2, -0.15) is 0 Å². The van der Waals surface area contributed by atoms with Crippen LogP contribution < -0.4 is 5.32 Å². The number of hydrogen-bond donors (Lipinski definition) is 1. The van der Waals surface area contributed by atoms with Crippen LogP contribution in [0.3, 0.4) is 0 Å². The SMILES string of the molecule is CCCCCCNCCCCCC(=O)OCC(CCCC)CCCCCC. The third kappa shape index (κ3) is 20.0. The Morgan fingerprint density at radius 2 is 1.26 bits per heavy atom. The smallest absolute Gasteiger partial charge is 0.305 e. The number of nitrogens with one attached hydrogen (secondary N) is 1. The minimum atomic E-state index is 0.0116. The van der Waals surface area contributed by atoms with Gasteiger partial charge in [-0.25, -0.2) is 0 Å². The van der Waals surface area contributed by atoms with Crippen molar-refractivity contribution in [1.82, 2.24) is 5.32 Å². The predicted molar refractivity (Wildman–Crippen MR) is 118 cm³/mol. The number of rotatable bonds is 21. The lowest BCUT2D eigenvalue weighted by Gasteiger charge is -2.16. The van der Waals surface area contributed by atoms with Gasteiger partial charge >= 0.3 is 5.97 Å². The van der Waals surface area contributed by atoms with Gasteiger partial charge in [0.1, 0.15) is 0 Å². The van der Waals surface area contributed by atoms with E-state index >= 15 is 0 Å². The molecule has 0 aromatic carbocycles. The standard InChI is InChI=1S/C24H49NO2/c1-4-7-10-13-18-23(17-9-6-3)22-27-24(26)19-14-12-16-21-25-20-15-11-8-5-2/h23,25H,4-22H2,1-3H3. The van der Waals surface area contributed by atoms with Crippen LogP contribution >= 0.6 is 0 Å². The molecule has 1 atom stereocenters. The molecule has 1 N–H and O–H groups in total. The Hall–Kier alpha value is -0.570. The fraction of sp³-hybridized carbons (Fsp3) is 0.958. The largest absolute Gasteiger partial charge is 0.465 e. The average molecular weight is 384 g/mol. The highest BCUT2D eigenvalue weighted by atomic mass is 16.5. The van der Waals surface area contributed by atoms with Crippen molar-refractivity contribution in [3.8, 4) is 0 Å². The molecule has 0 aliphatic carbocycles. The Bertz CT molecular complexity index is 307. The van der Waals surface area contributed by atoms with E-state index in [-0.39, 0.29) is 5.97 Å². The van der Waals surface area contributed by atoms with E-state index in [0.29, 0.717) is 18.9 Å². The fourth-order valence-electron chi connectivity index (χ4n) is 3.44. The molecule has 0 aromatic heterocycles. The van der Waals surface area contributed by atoms with Crippen LogP contribution in [0.2, 0.25) is 0 Å². The fourth-order valence-corrected chi connectivity index (χ4v) is 3.44. The van der Waals surface area contributed by atoms with Crippen LogP contribution in [0.4, 0.5) is 0 Å². The van der Waals surface area contributed by atoms with Crippen LogP contribution in [-0.4, -0.2) is 25.7 Å². The van der Waals surface area contributed by atoms with Gasteiger partial charge in [-0.3, -0.25) is 4.79 Å². The maximum absolute atomic E-state index is 12.0. The maximum atomic E-state index is 12.0.